The summed E-state index contributed by atoms with van der Waals surface area (Å²) in [5.41, 5.74) is 1.26. The van der Waals surface area contributed by atoms with E-state index in [1.807, 2.05) is 13.8 Å². The van der Waals surface area contributed by atoms with Crippen molar-refractivity contribution in [2.45, 2.75) is 45.4 Å². The minimum Gasteiger partial charge on any atom is -0.510 e. The zero-order valence-corrected chi connectivity index (χ0v) is 18.0. The monoisotopic (exact) mass is 429 g/mol. The number of hydrogen-bond acceptors (Lipinski definition) is 8. The van der Waals surface area contributed by atoms with Crippen LogP contribution in [0.25, 0.3) is 0 Å². The van der Waals surface area contributed by atoms with Crippen LogP contribution in [-0.4, -0.2) is 29.3 Å². The molecule has 0 bridgehead atoms. The number of sulfonamides is 1. The lowest BCUT2D eigenvalue weighted by atomic mass is 9.78. The molecule has 1 heterocycles. The summed E-state index contributed by atoms with van der Waals surface area (Å²) in [6.07, 6.45) is 0.616. The van der Waals surface area contributed by atoms with E-state index in [0.717, 1.165) is 0 Å². The second kappa shape index (κ2) is 7.94. The number of aliphatic hydroxyl groups excluding tert-OH is 1. The van der Waals surface area contributed by atoms with Crippen molar-refractivity contribution in [2.24, 2.45) is 15.6 Å². The molecule has 1 aliphatic carbocycles. The highest BCUT2D eigenvalue weighted by Gasteiger charge is 2.33. The number of azo groups is 1. The highest BCUT2D eigenvalue weighted by molar-refractivity contribution is 7.92. The molecule has 0 fully saturated rings. The Labute approximate surface area is 175 Å². The molecule has 0 saturated heterocycles. The number of anilines is 1. The summed E-state index contributed by atoms with van der Waals surface area (Å²) in [7, 11) is -3.88. The van der Waals surface area contributed by atoms with Crippen LogP contribution in [0.3, 0.4) is 0 Å². The van der Waals surface area contributed by atoms with Gasteiger partial charge in [-0.1, -0.05) is 13.8 Å². The molecular weight excluding hydrogens is 406 g/mol. The number of aliphatic hydroxyl groups is 1. The molecule has 0 radical (unpaired) electrons. The lowest BCUT2D eigenvalue weighted by Gasteiger charge is -2.27. The first-order chi connectivity index (χ1) is 13.9. The minimum absolute atomic E-state index is 0.00163. The summed E-state index contributed by atoms with van der Waals surface area (Å²) >= 11 is 0. The van der Waals surface area contributed by atoms with E-state index in [-0.39, 0.29) is 39.9 Å². The zero-order chi connectivity index (χ0) is 22.1. The Morgan fingerprint density at radius 2 is 1.63 bits per heavy atom. The standard InChI is InChI=1S/C20H23N5O4S/c1-12-9-13(2)22-19(21-12)25-30(28,29)15-7-5-14(6-8-15)23-24-18-16(26)10-20(3,4)11-17(18)27/h5-9,26H,10-11H2,1-4H3,(H,21,22,25). The third-order valence-electron chi connectivity index (χ3n) is 4.44. The number of aryl methyl sites for hydroxylation is 2. The second-order valence-corrected chi connectivity index (χ2v) is 9.69. The fourth-order valence-electron chi connectivity index (χ4n) is 3.14. The van der Waals surface area contributed by atoms with E-state index in [1.165, 1.54) is 24.3 Å². The average molecular weight is 430 g/mol. The number of allylic oxidation sites excluding steroid dienone is 2. The Balaban J connectivity index is 1.77. The first-order valence-electron chi connectivity index (χ1n) is 9.27. The lowest BCUT2D eigenvalue weighted by molar-refractivity contribution is -0.118. The summed E-state index contributed by atoms with van der Waals surface area (Å²) in [5.74, 6) is -0.362. The van der Waals surface area contributed by atoms with Gasteiger partial charge in [0.2, 0.25) is 5.95 Å². The van der Waals surface area contributed by atoms with Crippen molar-refractivity contribution in [3.8, 4) is 0 Å². The van der Waals surface area contributed by atoms with E-state index in [2.05, 4.69) is 24.9 Å². The van der Waals surface area contributed by atoms with E-state index in [1.54, 1.807) is 19.9 Å². The van der Waals surface area contributed by atoms with Gasteiger partial charge in [-0.3, -0.25) is 4.79 Å². The molecule has 2 aromatic rings. The number of carbonyl (C=O) groups is 1. The summed E-state index contributed by atoms with van der Waals surface area (Å²) < 4.78 is 27.5. The molecule has 1 aromatic carbocycles. The number of ketones is 1. The van der Waals surface area contributed by atoms with Gasteiger partial charge in [0.25, 0.3) is 10.0 Å². The van der Waals surface area contributed by atoms with Crippen molar-refractivity contribution in [3.63, 3.8) is 0 Å². The van der Waals surface area contributed by atoms with Crippen LogP contribution in [0.1, 0.15) is 38.1 Å². The number of Topliss-reactive ketones (excluding diaryl/α,β-unsaturated/α-hetero) is 1. The Kier molecular flexibility index (Phi) is 5.71. The van der Waals surface area contributed by atoms with Crippen LogP contribution in [-0.2, 0) is 14.8 Å². The second-order valence-electron chi connectivity index (χ2n) is 8.01. The van der Waals surface area contributed by atoms with Gasteiger partial charge in [0, 0.05) is 24.2 Å². The number of rotatable bonds is 5. The topological polar surface area (TPSA) is 134 Å². The number of nitrogens with one attached hydrogen (secondary N) is 1. The minimum atomic E-state index is -3.88. The van der Waals surface area contributed by atoms with Crippen molar-refractivity contribution in [1.82, 2.24) is 9.97 Å². The maximum Gasteiger partial charge on any atom is 0.264 e. The average Bonchev–Trinajstić information content (AvgIpc) is 2.59. The van der Waals surface area contributed by atoms with E-state index in [4.69, 9.17) is 0 Å². The Morgan fingerprint density at radius 1 is 1.03 bits per heavy atom. The molecule has 158 valence electrons. The predicted molar refractivity (Wildman–Crippen MR) is 111 cm³/mol. The Morgan fingerprint density at radius 3 is 2.20 bits per heavy atom. The van der Waals surface area contributed by atoms with Gasteiger partial charge in [-0.25, -0.2) is 23.1 Å². The van der Waals surface area contributed by atoms with E-state index in [9.17, 15) is 18.3 Å². The van der Waals surface area contributed by atoms with Gasteiger partial charge in [0.15, 0.2) is 11.5 Å². The first-order valence-corrected chi connectivity index (χ1v) is 10.8. The Bertz CT molecular complexity index is 1130. The third-order valence-corrected chi connectivity index (χ3v) is 5.79. The molecule has 0 atom stereocenters. The van der Waals surface area contributed by atoms with Gasteiger partial charge < -0.3 is 5.11 Å². The molecule has 10 heteroatoms. The van der Waals surface area contributed by atoms with Crippen LogP contribution in [0.2, 0.25) is 0 Å². The summed E-state index contributed by atoms with van der Waals surface area (Å²) in [5, 5.41) is 17.9. The summed E-state index contributed by atoms with van der Waals surface area (Å²) in [4.78, 5) is 20.3. The molecule has 0 aliphatic heterocycles. The molecule has 2 N–H and O–H groups in total. The van der Waals surface area contributed by atoms with Crippen LogP contribution >= 0.6 is 0 Å². The van der Waals surface area contributed by atoms with Crippen molar-refractivity contribution in [1.29, 1.82) is 0 Å². The normalized spacial score (nSPS) is 16.9. The van der Waals surface area contributed by atoms with Gasteiger partial charge in [-0.05, 0) is 49.6 Å². The molecule has 1 aromatic heterocycles. The molecular formula is C20H23N5O4S. The lowest BCUT2D eigenvalue weighted by Crippen LogP contribution is -2.25. The SMILES string of the molecule is Cc1cc(C)nc(NS(=O)(=O)c2ccc(N=NC3=C(O)CC(C)(C)CC3=O)cc2)n1. The molecule has 0 unspecified atom stereocenters. The number of carbonyl (C=O) groups excluding carboxylic acids is 1. The maximum absolute atomic E-state index is 12.6. The van der Waals surface area contributed by atoms with Crippen LogP contribution < -0.4 is 4.72 Å². The number of aromatic nitrogens is 2. The number of hydrogen-bond donors (Lipinski definition) is 2. The molecule has 30 heavy (non-hydrogen) atoms. The first kappa shape index (κ1) is 21.6. The Hall–Kier alpha value is -3.14. The quantitative estimate of drug-likeness (QED) is 0.686. The molecule has 1 aliphatic rings. The molecule has 0 spiro atoms. The van der Waals surface area contributed by atoms with Crippen LogP contribution in [0.15, 0.2) is 56.9 Å². The van der Waals surface area contributed by atoms with E-state index >= 15 is 0 Å². The van der Waals surface area contributed by atoms with Crippen LogP contribution in [0.4, 0.5) is 11.6 Å². The van der Waals surface area contributed by atoms with Crippen molar-refractivity contribution >= 4 is 27.4 Å². The highest BCUT2D eigenvalue weighted by Crippen LogP contribution is 2.36. The van der Waals surface area contributed by atoms with Gasteiger partial charge >= 0.3 is 0 Å². The van der Waals surface area contributed by atoms with Crippen molar-refractivity contribution in [2.75, 3.05) is 4.72 Å². The largest absolute Gasteiger partial charge is 0.510 e. The molecule has 0 saturated carbocycles. The fraction of sp³-hybridized carbons (Fsp3) is 0.350. The molecule has 3 rings (SSSR count). The highest BCUT2D eigenvalue weighted by atomic mass is 32.2. The van der Waals surface area contributed by atoms with Crippen molar-refractivity contribution in [3.05, 3.63) is 53.2 Å². The van der Waals surface area contributed by atoms with Gasteiger partial charge in [-0.15, -0.1) is 5.11 Å². The predicted octanol–water partition coefficient (Wildman–Crippen LogP) is 4.14. The van der Waals surface area contributed by atoms with Crippen LogP contribution in [0.5, 0.6) is 0 Å². The summed E-state index contributed by atoms with van der Waals surface area (Å²) in [6.45, 7) is 7.28. The molecule has 9 nitrogen and oxygen atoms in total. The fourth-order valence-corrected chi connectivity index (χ4v) is 4.09. The smallest absolute Gasteiger partial charge is 0.264 e. The third kappa shape index (κ3) is 5.07. The van der Waals surface area contributed by atoms with Crippen LogP contribution in [0, 0.1) is 19.3 Å². The molecule has 0 amide bonds. The van der Waals surface area contributed by atoms with E-state index < -0.39 is 10.0 Å². The maximum atomic E-state index is 12.6. The number of nitrogens with zero attached hydrogens (tertiary/aromatic N) is 4. The van der Waals surface area contributed by atoms with Gasteiger partial charge in [-0.2, -0.15) is 5.11 Å². The zero-order valence-electron chi connectivity index (χ0n) is 17.2. The van der Waals surface area contributed by atoms with Gasteiger partial charge in [0.1, 0.15) is 5.76 Å². The van der Waals surface area contributed by atoms with E-state index in [0.29, 0.717) is 23.5 Å². The van der Waals surface area contributed by atoms with Crippen molar-refractivity contribution < 1.29 is 18.3 Å². The summed E-state index contributed by atoms with van der Waals surface area (Å²) in [6, 6.07) is 7.37. The van der Waals surface area contributed by atoms with Gasteiger partial charge in [0.05, 0.1) is 10.6 Å². The number of benzene rings is 1.